The standard InChI is InChI=1S/C27H22N2O5/c30-15-9-10-23-20(11-15)21-12-25(26(31)32)29(13-24(21)28-23)27(33)34-14-22-18-7-3-1-5-16(18)17-6-2-4-8-19(17)22/h1-11,22,25,28,30H,12-14H2,(H,31,32). The van der Waals surface area contributed by atoms with Gasteiger partial charge in [0.1, 0.15) is 18.4 Å². The monoisotopic (exact) mass is 454 g/mol. The number of phenolic OH excluding ortho intramolecular Hbond substituents is 1. The van der Waals surface area contributed by atoms with Crippen molar-refractivity contribution in [3.63, 3.8) is 0 Å². The van der Waals surface area contributed by atoms with Gasteiger partial charge in [0.15, 0.2) is 0 Å². The van der Waals surface area contributed by atoms with Crippen molar-refractivity contribution in [1.29, 1.82) is 0 Å². The van der Waals surface area contributed by atoms with E-state index in [0.717, 1.165) is 44.4 Å². The molecule has 0 radical (unpaired) electrons. The fraction of sp³-hybridized carbons (Fsp3) is 0.185. The number of hydrogen-bond donors (Lipinski definition) is 3. The predicted molar refractivity (Wildman–Crippen MR) is 126 cm³/mol. The lowest BCUT2D eigenvalue weighted by Crippen LogP contribution is -2.49. The highest BCUT2D eigenvalue weighted by molar-refractivity contribution is 5.89. The van der Waals surface area contributed by atoms with Gasteiger partial charge in [0.25, 0.3) is 0 Å². The summed E-state index contributed by atoms with van der Waals surface area (Å²) in [4.78, 5) is 29.8. The second kappa shape index (κ2) is 7.66. The van der Waals surface area contributed by atoms with Gasteiger partial charge in [0, 0.05) is 28.9 Å². The number of hydrogen-bond acceptors (Lipinski definition) is 4. The van der Waals surface area contributed by atoms with E-state index in [1.54, 1.807) is 18.2 Å². The number of carboxylic acids is 1. The molecule has 0 bridgehead atoms. The second-order valence-electron chi connectivity index (χ2n) is 8.80. The molecule has 2 aliphatic rings. The number of carbonyl (C=O) groups is 2. The zero-order valence-electron chi connectivity index (χ0n) is 18.2. The van der Waals surface area contributed by atoms with E-state index in [-0.39, 0.29) is 31.2 Å². The van der Waals surface area contributed by atoms with Gasteiger partial charge in [-0.2, -0.15) is 0 Å². The zero-order chi connectivity index (χ0) is 23.4. The van der Waals surface area contributed by atoms with Crippen LogP contribution in [-0.4, -0.2) is 44.8 Å². The molecule has 1 aliphatic heterocycles. The van der Waals surface area contributed by atoms with Crippen LogP contribution in [-0.2, 0) is 22.5 Å². The van der Waals surface area contributed by atoms with Crippen LogP contribution in [0.3, 0.4) is 0 Å². The number of fused-ring (bicyclic) bond motifs is 6. The smallest absolute Gasteiger partial charge is 0.410 e. The number of carbonyl (C=O) groups excluding carboxylic acids is 1. The summed E-state index contributed by atoms with van der Waals surface area (Å²) in [5, 5.41) is 20.5. The summed E-state index contributed by atoms with van der Waals surface area (Å²) in [6, 6.07) is 20.0. The van der Waals surface area contributed by atoms with Crippen molar-refractivity contribution < 1.29 is 24.5 Å². The number of carboxylic acid groups (broad SMARTS) is 1. The summed E-state index contributed by atoms with van der Waals surface area (Å²) in [5.74, 6) is -1.08. The van der Waals surface area contributed by atoms with E-state index < -0.39 is 18.1 Å². The minimum absolute atomic E-state index is 0.0957. The van der Waals surface area contributed by atoms with Crippen molar-refractivity contribution in [3.8, 4) is 16.9 Å². The number of nitrogens with one attached hydrogen (secondary N) is 1. The van der Waals surface area contributed by atoms with Crippen molar-refractivity contribution in [3.05, 3.63) is 89.1 Å². The number of rotatable bonds is 3. The van der Waals surface area contributed by atoms with Crippen molar-refractivity contribution in [2.75, 3.05) is 6.61 Å². The van der Waals surface area contributed by atoms with E-state index in [1.165, 1.54) is 4.90 Å². The van der Waals surface area contributed by atoms with Gasteiger partial charge in [-0.05, 0) is 46.0 Å². The number of aromatic hydroxyl groups is 1. The number of aromatic nitrogens is 1. The van der Waals surface area contributed by atoms with E-state index in [0.29, 0.717) is 0 Å². The summed E-state index contributed by atoms with van der Waals surface area (Å²) >= 11 is 0. The van der Waals surface area contributed by atoms with Crippen LogP contribution in [0.4, 0.5) is 4.79 Å². The van der Waals surface area contributed by atoms with Gasteiger partial charge in [-0.25, -0.2) is 9.59 Å². The summed E-state index contributed by atoms with van der Waals surface area (Å²) in [6.07, 6.45) is -0.514. The molecule has 0 saturated heterocycles. The van der Waals surface area contributed by atoms with Crippen molar-refractivity contribution in [2.45, 2.75) is 24.9 Å². The molecule has 0 saturated carbocycles. The molecule has 3 N–H and O–H groups in total. The first-order valence-electron chi connectivity index (χ1n) is 11.2. The molecule has 2 heterocycles. The topological polar surface area (TPSA) is 103 Å². The summed E-state index contributed by atoms with van der Waals surface area (Å²) < 4.78 is 5.74. The number of amides is 1. The highest BCUT2D eigenvalue weighted by atomic mass is 16.6. The van der Waals surface area contributed by atoms with E-state index in [4.69, 9.17) is 4.74 Å². The Hall–Kier alpha value is -4.26. The lowest BCUT2D eigenvalue weighted by molar-refractivity contribution is -0.143. The summed E-state index contributed by atoms with van der Waals surface area (Å²) in [7, 11) is 0. The van der Waals surface area contributed by atoms with Crippen LogP contribution in [0.15, 0.2) is 66.7 Å². The second-order valence-corrected chi connectivity index (χ2v) is 8.80. The lowest BCUT2D eigenvalue weighted by atomic mass is 9.97. The average Bonchev–Trinajstić information content (AvgIpc) is 3.36. The molecule has 4 aromatic rings. The van der Waals surface area contributed by atoms with Gasteiger partial charge in [0.05, 0.1) is 6.54 Å². The van der Waals surface area contributed by atoms with Gasteiger partial charge in [-0.3, -0.25) is 4.90 Å². The molecule has 7 nitrogen and oxygen atoms in total. The maximum Gasteiger partial charge on any atom is 0.410 e. The summed E-state index contributed by atoms with van der Waals surface area (Å²) in [5.41, 5.74) is 6.82. The number of phenols is 1. The van der Waals surface area contributed by atoms with Gasteiger partial charge in [-0.15, -0.1) is 0 Å². The number of aromatic amines is 1. The molecule has 3 aromatic carbocycles. The Morgan fingerprint density at radius 2 is 1.68 bits per heavy atom. The summed E-state index contributed by atoms with van der Waals surface area (Å²) in [6.45, 7) is 0.224. The molecule has 1 aliphatic carbocycles. The molecule has 34 heavy (non-hydrogen) atoms. The number of ether oxygens (including phenoxy) is 1. The molecule has 0 fully saturated rings. The third-order valence-corrected chi connectivity index (χ3v) is 6.94. The average molecular weight is 454 g/mol. The maximum atomic E-state index is 13.2. The predicted octanol–water partition coefficient (Wildman–Crippen LogP) is 4.63. The molecule has 170 valence electrons. The fourth-order valence-electron chi connectivity index (χ4n) is 5.33. The van der Waals surface area contributed by atoms with Crippen LogP contribution in [0, 0.1) is 0 Å². The third-order valence-electron chi connectivity index (χ3n) is 6.94. The molecule has 1 aromatic heterocycles. The van der Waals surface area contributed by atoms with E-state index in [2.05, 4.69) is 17.1 Å². The Labute approximate surface area is 195 Å². The van der Waals surface area contributed by atoms with Crippen LogP contribution >= 0.6 is 0 Å². The highest BCUT2D eigenvalue weighted by Crippen LogP contribution is 2.44. The molecule has 1 amide bonds. The van der Waals surface area contributed by atoms with Crippen molar-refractivity contribution in [1.82, 2.24) is 9.88 Å². The Balaban J connectivity index is 1.27. The Bertz CT molecular complexity index is 1410. The van der Waals surface area contributed by atoms with Crippen LogP contribution in [0.25, 0.3) is 22.0 Å². The Morgan fingerprint density at radius 3 is 2.35 bits per heavy atom. The lowest BCUT2D eigenvalue weighted by Gasteiger charge is -2.32. The minimum atomic E-state index is -1.09. The zero-order valence-corrected chi connectivity index (χ0v) is 18.2. The molecule has 1 unspecified atom stereocenters. The largest absolute Gasteiger partial charge is 0.508 e. The SMILES string of the molecule is O=C(O)C1Cc2c([nH]c3ccc(O)cc23)CN1C(=O)OCC1c2ccccc2-c2ccccc21. The molecular formula is C27H22N2O5. The minimum Gasteiger partial charge on any atom is -0.508 e. The molecule has 1 atom stereocenters. The Morgan fingerprint density at radius 1 is 1.00 bits per heavy atom. The fourth-order valence-corrected chi connectivity index (χ4v) is 5.33. The van der Waals surface area contributed by atoms with Gasteiger partial charge in [-0.1, -0.05) is 48.5 Å². The van der Waals surface area contributed by atoms with Crippen LogP contribution in [0.1, 0.15) is 28.3 Å². The van der Waals surface area contributed by atoms with Gasteiger partial charge >= 0.3 is 12.1 Å². The molecule has 0 spiro atoms. The van der Waals surface area contributed by atoms with Crippen LogP contribution in [0.2, 0.25) is 0 Å². The van der Waals surface area contributed by atoms with Gasteiger partial charge in [0.2, 0.25) is 0 Å². The van der Waals surface area contributed by atoms with Crippen molar-refractivity contribution >= 4 is 23.0 Å². The van der Waals surface area contributed by atoms with E-state index in [9.17, 15) is 19.8 Å². The van der Waals surface area contributed by atoms with Crippen molar-refractivity contribution in [2.24, 2.45) is 0 Å². The third kappa shape index (κ3) is 3.12. The maximum absolute atomic E-state index is 13.2. The first-order valence-corrected chi connectivity index (χ1v) is 11.2. The van der Waals surface area contributed by atoms with Crippen LogP contribution < -0.4 is 0 Å². The normalized spacial score (nSPS) is 16.7. The first-order chi connectivity index (χ1) is 16.5. The number of aliphatic carboxylic acids is 1. The quantitative estimate of drug-likeness (QED) is 0.419. The Kier molecular flexibility index (Phi) is 4.58. The van der Waals surface area contributed by atoms with Crippen LogP contribution in [0.5, 0.6) is 5.75 Å². The number of benzene rings is 3. The molecule has 7 heteroatoms. The molecule has 6 rings (SSSR count). The van der Waals surface area contributed by atoms with E-state index >= 15 is 0 Å². The highest BCUT2D eigenvalue weighted by Gasteiger charge is 2.38. The molecular weight excluding hydrogens is 432 g/mol. The van der Waals surface area contributed by atoms with Gasteiger partial charge < -0.3 is 19.9 Å². The number of H-pyrrole nitrogens is 1. The first kappa shape index (κ1) is 20.4. The number of nitrogens with zero attached hydrogens (tertiary/aromatic N) is 1. The van der Waals surface area contributed by atoms with E-state index in [1.807, 2.05) is 36.4 Å².